The SMILES string of the molecule is CN1CCN(CCCc2ccc3c(c2)OCCN3C)CC1. The Bertz CT molecular complexity index is 469. The molecule has 1 aromatic rings. The molecule has 4 nitrogen and oxygen atoms in total. The third-order valence-corrected chi connectivity index (χ3v) is 4.66. The summed E-state index contributed by atoms with van der Waals surface area (Å²) in [6.07, 6.45) is 2.38. The molecule has 2 aliphatic rings. The number of nitrogens with zero attached hydrogens (tertiary/aromatic N) is 3. The molecule has 4 heteroatoms. The van der Waals surface area contributed by atoms with Crippen LogP contribution in [0.25, 0.3) is 0 Å². The number of rotatable bonds is 4. The molecule has 0 aromatic heterocycles. The predicted molar refractivity (Wildman–Crippen MR) is 87.5 cm³/mol. The lowest BCUT2D eigenvalue weighted by atomic mass is 10.1. The zero-order chi connectivity index (χ0) is 14.7. The molecule has 21 heavy (non-hydrogen) atoms. The van der Waals surface area contributed by atoms with Crippen molar-refractivity contribution >= 4 is 5.69 Å². The molecule has 3 rings (SSSR count). The van der Waals surface area contributed by atoms with Gasteiger partial charge in [0.15, 0.2) is 0 Å². The van der Waals surface area contributed by atoms with Crippen LogP contribution in [0.2, 0.25) is 0 Å². The molecule has 0 bridgehead atoms. The monoisotopic (exact) mass is 289 g/mol. The maximum Gasteiger partial charge on any atom is 0.142 e. The fraction of sp³-hybridized carbons (Fsp3) is 0.647. The summed E-state index contributed by atoms with van der Waals surface area (Å²) < 4.78 is 5.79. The Morgan fingerprint density at radius 3 is 2.67 bits per heavy atom. The highest BCUT2D eigenvalue weighted by Crippen LogP contribution is 2.31. The van der Waals surface area contributed by atoms with E-state index in [4.69, 9.17) is 4.74 Å². The first-order chi connectivity index (χ1) is 10.2. The van der Waals surface area contributed by atoms with Crippen LogP contribution in [0, 0.1) is 0 Å². The van der Waals surface area contributed by atoms with Crippen LogP contribution in [0.5, 0.6) is 5.75 Å². The summed E-state index contributed by atoms with van der Waals surface area (Å²) in [5.41, 5.74) is 2.63. The summed E-state index contributed by atoms with van der Waals surface area (Å²) >= 11 is 0. The van der Waals surface area contributed by atoms with E-state index in [0.29, 0.717) is 0 Å². The summed E-state index contributed by atoms with van der Waals surface area (Å²) in [6.45, 7) is 7.84. The minimum absolute atomic E-state index is 0.800. The van der Waals surface area contributed by atoms with Crippen LogP contribution in [0.1, 0.15) is 12.0 Å². The first-order valence-corrected chi connectivity index (χ1v) is 8.10. The van der Waals surface area contributed by atoms with Gasteiger partial charge in [-0.2, -0.15) is 0 Å². The number of benzene rings is 1. The van der Waals surface area contributed by atoms with Crippen LogP contribution in [0.3, 0.4) is 0 Å². The predicted octanol–water partition coefficient (Wildman–Crippen LogP) is 1.70. The lowest BCUT2D eigenvalue weighted by molar-refractivity contribution is 0.153. The van der Waals surface area contributed by atoms with Crippen molar-refractivity contribution in [2.24, 2.45) is 0 Å². The highest BCUT2D eigenvalue weighted by atomic mass is 16.5. The molecule has 0 amide bonds. The first kappa shape index (κ1) is 14.7. The molecular weight excluding hydrogens is 262 g/mol. The molecule has 0 unspecified atom stereocenters. The Kier molecular flexibility index (Phi) is 4.66. The average Bonchev–Trinajstić information content (AvgIpc) is 2.49. The molecule has 0 saturated carbocycles. The number of hydrogen-bond acceptors (Lipinski definition) is 4. The van der Waals surface area contributed by atoms with Gasteiger partial charge in [-0.3, -0.25) is 0 Å². The van der Waals surface area contributed by atoms with Crippen LogP contribution < -0.4 is 9.64 Å². The van der Waals surface area contributed by atoms with Crippen LogP contribution in [0.4, 0.5) is 5.69 Å². The molecule has 0 spiro atoms. The standard InChI is InChI=1S/C17H27N3O/c1-18-8-10-20(11-9-18)7-3-4-15-5-6-16-17(14-15)21-13-12-19(16)2/h5-6,14H,3-4,7-13H2,1-2H3. The summed E-state index contributed by atoms with van der Waals surface area (Å²) in [7, 11) is 4.34. The molecule has 2 aliphatic heterocycles. The van der Waals surface area contributed by atoms with Crippen LogP contribution in [-0.2, 0) is 6.42 Å². The molecular formula is C17H27N3O. The van der Waals surface area contributed by atoms with Crippen molar-refractivity contribution in [1.82, 2.24) is 9.80 Å². The summed E-state index contributed by atoms with van der Waals surface area (Å²) in [6, 6.07) is 6.70. The van der Waals surface area contributed by atoms with Crippen molar-refractivity contribution in [2.75, 3.05) is 64.9 Å². The van der Waals surface area contributed by atoms with E-state index in [-0.39, 0.29) is 0 Å². The van der Waals surface area contributed by atoms with E-state index in [1.807, 2.05) is 0 Å². The molecule has 1 aromatic carbocycles. The largest absolute Gasteiger partial charge is 0.490 e. The Morgan fingerprint density at radius 1 is 1.05 bits per heavy atom. The smallest absolute Gasteiger partial charge is 0.142 e. The summed E-state index contributed by atoms with van der Waals surface area (Å²) in [5.74, 6) is 1.06. The highest BCUT2D eigenvalue weighted by molar-refractivity contribution is 5.60. The van der Waals surface area contributed by atoms with Crippen molar-refractivity contribution in [3.05, 3.63) is 23.8 Å². The van der Waals surface area contributed by atoms with Gasteiger partial charge in [-0.25, -0.2) is 0 Å². The van der Waals surface area contributed by atoms with Crippen LogP contribution >= 0.6 is 0 Å². The van der Waals surface area contributed by atoms with Crippen molar-refractivity contribution in [1.29, 1.82) is 0 Å². The van der Waals surface area contributed by atoms with E-state index >= 15 is 0 Å². The second-order valence-corrected chi connectivity index (χ2v) is 6.32. The third-order valence-electron chi connectivity index (χ3n) is 4.66. The van der Waals surface area contributed by atoms with Gasteiger partial charge < -0.3 is 19.4 Å². The minimum atomic E-state index is 0.800. The number of likely N-dealkylation sites (N-methyl/N-ethyl adjacent to an activating group) is 2. The number of fused-ring (bicyclic) bond motifs is 1. The average molecular weight is 289 g/mol. The number of anilines is 1. The molecule has 2 heterocycles. The molecule has 1 saturated heterocycles. The van der Waals surface area contributed by atoms with Gasteiger partial charge >= 0.3 is 0 Å². The van der Waals surface area contributed by atoms with Gasteiger partial charge in [0.2, 0.25) is 0 Å². The van der Waals surface area contributed by atoms with E-state index in [9.17, 15) is 0 Å². The van der Waals surface area contributed by atoms with Gasteiger partial charge in [0.25, 0.3) is 0 Å². The quantitative estimate of drug-likeness (QED) is 0.839. The van der Waals surface area contributed by atoms with Crippen molar-refractivity contribution in [3.63, 3.8) is 0 Å². The lowest BCUT2D eigenvalue weighted by Crippen LogP contribution is -2.44. The van der Waals surface area contributed by atoms with Crippen LogP contribution in [-0.4, -0.2) is 69.8 Å². The number of aryl methyl sites for hydroxylation is 1. The van der Waals surface area contributed by atoms with E-state index < -0.39 is 0 Å². The Morgan fingerprint density at radius 2 is 1.86 bits per heavy atom. The first-order valence-electron chi connectivity index (χ1n) is 8.10. The minimum Gasteiger partial charge on any atom is -0.490 e. The fourth-order valence-electron chi connectivity index (χ4n) is 3.14. The molecule has 0 N–H and O–H groups in total. The second kappa shape index (κ2) is 6.67. The normalized spacial score (nSPS) is 20.2. The molecule has 0 aliphatic carbocycles. The maximum absolute atomic E-state index is 5.79. The van der Waals surface area contributed by atoms with Gasteiger partial charge in [0, 0.05) is 33.2 Å². The molecule has 116 valence electrons. The number of ether oxygens (including phenoxy) is 1. The van der Waals surface area contributed by atoms with Gasteiger partial charge in [-0.05, 0) is 44.1 Å². The van der Waals surface area contributed by atoms with Crippen molar-refractivity contribution < 1.29 is 4.74 Å². The zero-order valence-corrected chi connectivity index (χ0v) is 13.3. The maximum atomic E-state index is 5.79. The summed E-state index contributed by atoms with van der Waals surface area (Å²) in [4.78, 5) is 7.27. The number of piperazine rings is 1. The van der Waals surface area contributed by atoms with Gasteiger partial charge in [0.05, 0.1) is 12.2 Å². The van der Waals surface area contributed by atoms with E-state index in [0.717, 1.165) is 25.3 Å². The Hall–Kier alpha value is -1.26. The molecule has 0 radical (unpaired) electrons. The second-order valence-electron chi connectivity index (χ2n) is 6.32. The van der Waals surface area contributed by atoms with Gasteiger partial charge in [-0.15, -0.1) is 0 Å². The Labute approximate surface area is 128 Å². The number of hydrogen-bond donors (Lipinski definition) is 0. The van der Waals surface area contributed by atoms with E-state index in [1.165, 1.54) is 50.4 Å². The zero-order valence-electron chi connectivity index (χ0n) is 13.3. The van der Waals surface area contributed by atoms with Gasteiger partial charge in [0.1, 0.15) is 12.4 Å². The highest BCUT2D eigenvalue weighted by Gasteiger charge is 2.15. The van der Waals surface area contributed by atoms with Crippen molar-refractivity contribution in [2.45, 2.75) is 12.8 Å². The van der Waals surface area contributed by atoms with Gasteiger partial charge in [-0.1, -0.05) is 6.07 Å². The van der Waals surface area contributed by atoms with Crippen LogP contribution in [0.15, 0.2) is 18.2 Å². The van der Waals surface area contributed by atoms with E-state index in [1.54, 1.807) is 0 Å². The Balaban J connectivity index is 1.49. The fourth-order valence-corrected chi connectivity index (χ4v) is 3.14. The van der Waals surface area contributed by atoms with E-state index in [2.05, 4.69) is 47.0 Å². The topological polar surface area (TPSA) is 19.0 Å². The lowest BCUT2D eigenvalue weighted by Gasteiger charge is -2.32. The molecule has 1 fully saturated rings. The summed E-state index contributed by atoms with van der Waals surface area (Å²) in [5, 5.41) is 0. The molecule has 0 atom stereocenters. The van der Waals surface area contributed by atoms with Crippen molar-refractivity contribution in [3.8, 4) is 5.75 Å². The third kappa shape index (κ3) is 3.69.